The summed E-state index contributed by atoms with van der Waals surface area (Å²) in [6.07, 6.45) is 1.13. The van der Waals surface area contributed by atoms with Crippen molar-refractivity contribution in [3.63, 3.8) is 0 Å². The summed E-state index contributed by atoms with van der Waals surface area (Å²) >= 11 is 1.61. The van der Waals surface area contributed by atoms with Crippen molar-refractivity contribution in [1.29, 1.82) is 0 Å². The van der Waals surface area contributed by atoms with Crippen molar-refractivity contribution >= 4 is 33.3 Å². The standard InChI is InChI=1S/C17H17N3O2S/c1-17(2,3)22-16(21)20-12-5-6-13(18-9-12)11-4-7-15-14(8-11)19-10-23-15/h4-10H,1-3H3,(H,20,21). The number of benzene rings is 1. The van der Waals surface area contributed by atoms with Gasteiger partial charge in [-0.05, 0) is 45.0 Å². The Hall–Kier alpha value is -2.47. The molecule has 3 rings (SSSR count). The molecule has 0 unspecified atom stereocenters. The van der Waals surface area contributed by atoms with Crippen LogP contribution in [-0.2, 0) is 4.74 Å². The predicted molar refractivity (Wildman–Crippen MR) is 92.7 cm³/mol. The Kier molecular flexibility index (Phi) is 4.00. The van der Waals surface area contributed by atoms with Gasteiger partial charge in [0.15, 0.2) is 0 Å². The van der Waals surface area contributed by atoms with E-state index in [-0.39, 0.29) is 0 Å². The lowest BCUT2D eigenvalue weighted by Gasteiger charge is -2.19. The maximum absolute atomic E-state index is 11.7. The minimum Gasteiger partial charge on any atom is -0.444 e. The van der Waals surface area contributed by atoms with Gasteiger partial charge >= 0.3 is 6.09 Å². The quantitative estimate of drug-likeness (QED) is 0.740. The summed E-state index contributed by atoms with van der Waals surface area (Å²) in [5, 5.41) is 2.67. The summed E-state index contributed by atoms with van der Waals surface area (Å²) in [6, 6.07) is 9.73. The Morgan fingerprint density at radius 2 is 2.00 bits per heavy atom. The zero-order chi connectivity index (χ0) is 16.4. The van der Waals surface area contributed by atoms with E-state index in [9.17, 15) is 4.79 Å². The SMILES string of the molecule is CC(C)(C)OC(=O)Nc1ccc(-c2ccc3scnc3c2)nc1. The van der Waals surface area contributed by atoms with Crippen LogP contribution in [0.3, 0.4) is 0 Å². The van der Waals surface area contributed by atoms with E-state index < -0.39 is 11.7 Å². The Morgan fingerprint density at radius 1 is 1.17 bits per heavy atom. The van der Waals surface area contributed by atoms with Gasteiger partial charge in [-0.15, -0.1) is 11.3 Å². The number of nitrogens with one attached hydrogen (secondary N) is 1. The highest BCUT2D eigenvalue weighted by molar-refractivity contribution is 7.16. The molecule has 0 saturated carbocycles. The zero-order valence-corrected chi connectivity index (χ0v) is 14.0. The number of fused-ring (bicyclic) bond motifs is 1. The minimum absolute atomic E-state index is 0.490. The van der Waals surface area contributed by atoms with Gasteiger partial charge in [-0.25, -0.2) is 9.78 Å². The van der Waals surface area contributed by atoms with Crippen LogP contribution in [0, 0.1) is 0 Å². The van der Waals surface area contributed by atoms with Crippen LogP contribution < -0.4 is 5.32 Å². The van der Waals surface area contributed by atoms with E-state index in [1.54, 1.807) is 23.6 Å². The van der Waals surface area contributed by atoms with Crippen LogP contribution in [0.25, 0.3) is 21.5 Å². The van der Waals surface area contributed by atoms with Gasteiger partial charge in [0, 0.05) is 5.56 Å². The van der Waals surface area contributed by atoms with Crippen LogP contribution in [0.15, 0.2) is 42.0 Å². The Balaban J connectivity index is 1.75. The third-order valence-electron chi connectivity index (χ3n) is 3.03. The Labute approximate surface area is 138 Å². The summed E-state index contributed by atoms with van der Waals surface area (Å²) < 4.78 is 6.36. The number of carbonyl (C=O) groups is 1. The second-order valence-corrected chi connectivity index (χ2v) is 6.98. The number of aromatic nitrogens is 2. The van der Waals surface area contributed by atoms with Gasteiger partial charge in [0.1, 0.15) is 5.60 Å². The second-order valence-electron chi connectivity index (χ2n) is 6.09. The molecule has 0 spiro atoms. The van der Waals surface area contributed by atoms with E-state index >= 15 is 0 Å². The molecule has 0 bridgehead atoms. The summed E-state index contributed by atoms with van der Waals surface area (Å²) in [7, 11) is 0. The molecule has 23 heavy (non-hydrogen) atoms. The molecule has 0 atom stereocenters. The van der Waals surface area contributed by atoms with Crippen molar-refractivity contribution in [2.75, 3.05) is 5.32 Å². The normalized spacial score (nSPS) is 11.4. The summed E-state index contributed by atoms with van der Waals surface area (Å²) in [5.41, 5.74) is 4.68. The van der Waals surface area contributed by atoms with Gasteiger partial charge in [-0.2, -0.15) is 0 Å². The number of hydrogen-bond acceptors (Lipinski definition) is 5. The van der Waals surface area contributed by atoms with Crippen LogP contribution in [0.1, 0.15) is 20.8 Å². The molecule has 2 heterocycles. The maximum Gasteiger partial charge on any atom is 0.412 e. The molecule has 3 aromatic rings. The molecule has 0 fully saturated rings. The zero-order valence-electron chi connectivity index (χ0n) is 13.2. The number of anilines is 1. The van der Waals surface area contributed by atoms with Crippen molar-refractivity contribution < 1.29 is 9.53 Å². The lowest BCUT2D eigenvalue weighted by molar-refractivity contribution is 0.0636. The minimum atomic E-state index is -0.527. The summed E-state index contributed by atoms with van der Waals surface area (Å²) in [6.45, 7) is 5.47. The molecule has 0 aliphatic carbocycles. The first-order valence-electron chi connectivity index (χ1n) is 7.20. The highest BCUT2D eigenvalue weighted by Crippen LogP contribution is 2.25. The first-order valence-corrected chi connectivity index (χ1v) is 8.08. The second kappa shape index (κ2) is 5.96. The van der Waals surface area contributed by atoms with E-state index in [1.807, 2.05) is 50.5 Å². The molecule has 0 saturated heterocycles. The van der Waals surface area contributed by atoms with Crippen LogP contribution in [0.4, 0.5) is 10.5 Å². The maximum atomic E-state index is 11.7. The largest absolute Gasteiger partial charge is 0.444 e. The first kappa shape index (κ1) is 15.4. The molecular formula is C17H17N3O2S. The highest BCUT2D eigenvalue weighted by Gasteiger charge is 2.16. The average Bonchev–Trinajstić information content (AvgIpc) is 2.93. The smallest absolute Gasteiger partial charge is 0.412 e. The molecule has 1 N–H and O–H groups in total. The van der Waals surface area contributed by atoms with Crippen molar-refractivity contribution in [3.05, 3.63) is 42.0 Å². The van der Waals surface area contributed by atoms with Gasteiger partial charge in [-0.3, -0.25) is 10.3 Å². The van der Waals surface area contributed by atoms with E-state index in [4.69, 9.17) is 4.74 Å². The van der Waals surface area contributed by atoms with Crippen LogP contribution in [0.2, 0.25) is 0 Å². The Bertz CT molecular complexity index is 835. The molecule has 1 amide bonds. The number of amides is 1. The van der Waals surface area contributed by atoms with E-state index in [0.717, 1.165) is 21.5 Å². The van der Waals surface area contributed by atoms with Crippen molar-refractivity contribution in [3.8, 4) is 11.3 Å². The van der Waals surface area contributed by atoms with Gasteiger partial charge < -0.3 is 4.74 Å². The van der Waals surface area contributed by atoms with E-state index in [0.29, 0.717) is 5.69 Å². The van der Waals surface area contributed by atoms with Crippen LogP contribution in [0.5, 0.6) is 0 Å². The fourth-order valence-electron chi connectivity index (χ4n) is 2.08. The summed E-state index contributed by atoms with van der Waals surface area (Å²) in [5.74, 6) is 0. The number of carbonyl (C=O) groups excluding carboxylic acids is 1. The summed E-state index contributed by atoms with van der Waals surface area (Å²) in [4.78, 5) is 20.4. The van der Waals surface area contributed by atoms with Gasteiger partial charge in [0.2, 0.25) is 0 Å². The van der Waals surface area contributed by atoms with E-state index in [2.05, 4.69) is 15.3 Å². The number of ether oxygens (including phenoxy) is 1. The van der Waals surface area contributed by atoms with Crippen LogP contribution in [-0.4, -0.2) is 21.7 Å². The number of nitrogens with zero attached hydrogens (tertiary/aromatic N) is 2. The van der Waals surface area contributed by atoms with Crippen molar-refractivity contribution in [2.45, 2.75) is 26.4 Å². The monoisotopic (exact) mass is 327 g/mol. The molecule has 5 nitrogen and oxygen atoms in total. The predicted octanol–water partition coefficient (Wildman–Crippen LogP) is 4.71. The fourth-order valence-corrected chi connectivity index (χ4v) is 2.74. The molecule has 0 aliphatic rings. The average molecular weight is 327 g/mol. The Morgan fingerprint density at radius 3 is 2.70 bits per heavy atom. The topological polar surface area (TPSA) is 64.1 Å². The van der Waals surface area contributed by atoms with Crippen LogP contribution >= 0.6 is 11.3 Å². The molecule has 2 aromatic heterocycles. The number of rotatable bonds is 2. The number of hydrogen-bond donors (Lipinski definition) is 1. The molecule has 6 heteroatoms. The first-order chi connectivity index (χ1) is 10.9. The lowest BCUT2D eigenvalue weighted by Crippen LogP contribution is -2.27. The molecule has 118 valence electrons. The number of pyridine rings is 1. The molecule has 1 aromatic carbocycles. The molecule has 0 radical (unpaired) electrons. The molecular weight excluding hydrogens is 310 g/mol. The lowest BCUT2D eigenvalue weighted by atomic mass is 10.1. The van der Waals surface area contributed by atoms with E-state index in [1.165, 1.54) is 0 Å². The van der Waals surface area contributed by atoms with Gasteiger partial charge in [0.25, 0.3) is 0 Å². The highest BCUT2D eigenvalue weighted by atomic mass is 32.1. The number of thiazole rings is 1. The molecule has 0 aliphatic heterocycles. The fraction of sp³-hybridized carbons (Fsp3) is 0.235. The van der Waals surface area contributed by atoms with Gasteiger partial charge in [0.05, 0.1) is 33.3 Å². The van der Waals surface area contributed by atoms with Crippen molar-refractivity contribution in [1.82, 2.24) is 9.97 Å². The van der Waals surface area contributed by atoms with Gasteiger partial charge in [-0.1, -0.05) is 6.07 Å². The van der Waals surface area contributed by atoms with Crippen molar-refractivity contribution in [2.24, 2.45) is 0 Å². The third-order valence-corrected chi connectivity index (χ3v) is 3.84. The third kappa shape index (κ3) is 3.84.